The van der Waals surface area contributed by atoms with Gasteiger partial charge in [0.1, 0.15) is 11.5 Å². The molecule has 45 heavy (non-hydrogen) atoms. The average Bonchev–Trinajstić information content (AvgIpc) is 3.62. The Morgan fingerprint density at radius 1 is 0.978 bits per heavy atom. The molecule has 1 aliphatic rings. The van der Waals surface area contributed by atoms with Crippen molar-refractivity contribution in [2.24, 2.45) is 4.99 Å². The number of aryl methyl sites for hydroxylation is 1. The molecule has 3 heterocycles. The van der Waals surface area contributed by atoms with E-state index in [1.54, 1.807) is 62.4 Å². The fourth-order valence-electron chi connectivity index (χ4n) is 5.26. The van der Waals surface area contributed by atoms with Crippen LogP contribution in [-0.2, 0) is 14.3 Å². The van der Waals surface area contributed by atoms with E-state index in [0.717, 1.165) is 11.1 Å². The Labute approximate surface area is 262 Å². The zero-order valence-corrected chi connectivity index (χ0v) is 26.7. The lowest BCUT2D eigenvalue weighted by molar-refractivity contribution is -0.139. The highest BCUT2D eigenvalue weighted by molar-refractivity contribution is 7.07. The molecular weight excluding hydrogens is 600 g/mol. The zero-order chi connectivity index (χ0) is 32.4. The molecule has 12 heteroatoms. The van der Waals surface area contributed by atoms with Crippen LogP contribution < -0.4 is 29.1 Å². The molecule has 0 unspecified atom stereocenters. The summed E-state index contributed by atoms with van der Waals surface area (Å²) in [4.78, 5) is 44.3. The Morgan fingerprint density at radius 3 is 2.29 bits per heavy atom. The number of methoxy groups -OCH3 is 4. The summed E-state index contributed by atoms with van der Waals surface area (Å²) in [6.07, 6.45) is 1.64. The van der Waals surface area contributed by atoms with Crippen molar-refractivity contribution in [3.8, 4) is 28.6 Å². The second kappa shape index (κ2) is 12.9. The monoisotopic (exact) mass is 632 g/mol. The number of thiazole rings is 1. The molecule has 0 saturated heterocycles. The molecule has 11 nitrogen and oxygen atoms in total. The van der Waals surface area contributed by atoms with Gasteiger partial charge in [0.25, 0.3) is 5.56 Å². The number of fused-ring (bicyclic) bond motifs is 1. The Kier molecular flexibility index (Phi) is 8.96. The summed E-state index contributed by atoms with van der Waals surface area (Å²) in [7, 11) is 5.81. The van der Waals surface area contributed by atoms with E-state index in [4.69, 9.17) is 28.1 Å². The van der Waals surface area contributed by atoms with Crippen LogP contribution in [0.4, 0.5) is 0 Å². The van der Waals surface area contributed by atoms with Crippen LogP contribution in [0.1, 0.15) is 47.1 Å². The number of benzene rings is 2. The maximum Gasteiger partial charge on any atom is 0.338 e. The molecule has 1 aliphatic heterocycles. The van der Waals surface area contributed by atoms with E-state index in [0.29, 0.717) is 54.9 Å². The minimum absolute atomic E-state index is 0.147. The highest BCUT2D eigenvalue weighted by atomic mass is 32.1. The number of hydrogen-bond acceptors (Lipinski definition) is 11. The van der Waals surface area contributed by atoms with Gasteiger partial charge in [-0.2, -0.15) is 0 Å². The molecule has 234 valence electrons. The number of carbonyl (C=O) groups is 2. The summed E-state index contributed by atoms with van der Waals surface area (Å²) in [6, 6.07) is 11.3. The van der Waals surface area contributed by atoms with Crippen molar-refractivity contribution in [1.82, 2.24) is 4.57 Å². The topological polar surface area (TPSA) is 128 Å². The molecule has 0 spiro atoms. The van der Waals surface area contributed by atoms with Gasteiger partial charge in [0.15, 0.2) is 16.3 Å². The highest BCUT2D eigenvalue weighted by Gasteiger charge is 2.34. The van der Waals surface area contributed by atoms with Crippen LogP contribution in [0.25, 0.3) is 17.4 Å². The normalized spacial score (nSPS) is 14.5. The van der Waals surface area contributed by atoms with E-state index in [1.165, 1.54) is 44.3 Å². The van der Waals surface area contributed by atoms with Crippen LogP contribution >= 0.6 is 11.3 Å². The average molecular weight is 633 g/mol. The summed E-state index contributed by atoms with van der Waals surface area (Å²) in [6.45, 7) is 5.44. The van der Waals surface area contributed by atoms with Crippen LogP contribution in [0.2, 0.25) is 0 Å². The SMILES string of the molecule is CCOC(=O)C1=C(C)N=c2s/c(=C/c3ccc(-c4ccc(C(=O)OC)cc4C)o3)c(=O)n2[C@H]1c1cc(OC)c(OC)c(OC)c1. The molecule has 0 fully saturated rings. The first-order valence-corrected chi connectivity index (χ1v) is 14.8. The van der Waals surface area contributed by atoms with Gasteiger partial charge < -0.3 is 28.1 Å². The molecule has 2 aromatic heterocycles. The van der Waals surface area contributed by atoms with E-state index in [1.807, 2.05) is 6.92 Å². The molecular formula is C33H32N2O9S. The second-order valence-electron chi connectivity index (χ2n) is 9.98. The minimum Gasteiger partial charge on any atom is -0.493 e. The molecule has 0 N–H and O–H groups in total. The molecule has 1 atom stereocenters. The van der Waals surface area contributed by atoms with Crippen LogP contribution in [0.15, 0.2) is 67.9 Å². The fraction of sp³-hybridized carbons (Fsp3) is 0.273. The third-order valence-electron chi connectivity index (χ3n) is 7.33. The number of aromatic nitrogens is 1. The number of furan rings is 1. The number of allylic oxidation sites excluding steroid dienone is 1. The smallest absolute Gasteiger partial charge is 0.338 e. The first kappa shape index (κ1) is 31.3. The summed E-state index contributed by atoms with van der Waals surface area (Å²) in [5, 5.41) is 0. The van der Waals surface area contributed by atoms with Crippen LogP contribution in [0.5, 0.6) is 17.2 Å². The van der Waals surface area contributed by atoms with Crippen molar-refractivity contribution < 1.29 is 37.7 Å². The van der Waals surface area contributed by atoms with E-state index in [9.17, 15) is 14.4 Å². The molecule has 0 amide bonds. The quantitative estimate of drug-likeness (QED) is 0.250. The third kappa shape index (κ3) is 5.76. The van der Waals surface area contributed by atoms with Gasteiger partial charge in [-0.3, -0.25) is 9.36 Å². The number of nitrogens with zero attached hydrogens (tertiary/aromatic N) is 2. The van der Waals surface area contributed by atoms with Gasteiger partial charge in [-0.05, 0) is 68.3 Å². The first-order valence-electron chi connectivity index (χ1n) is 13.9. The van der Waals surface area contributed by atoms with Gasteiger partial charge in [-0.15, -0.1) is 0 Å². The molecule has 4 aromatic rings. The van der Waals surface area contributed by atoms with E-state index >= 15 is 0 Å². The summed E-state index contributed by atoms with van der Waals surface area (Å²) in [5.41, 5.74) is 2.86. The van der Waals surface area contributed by atoms with Crippen LogP contribution in [0.3, 0.4) is 0 Å². The lowest BCUT2D eigenvalue weighted by Crippen LogP contribution is -2.40. The Bertz CT molecular complexity index is 1990. The number of rotatable bonds is 9. The van der Waals surface area contributed by atoms with Crippen molar-refractivity contribution in [2.45, 2.75) is 26.8 Å². The van der Waals surface area contributed by atoms with Crippen LogP contribution in [-0.4, -0.2) is 51.6 Å². The van der Waals surface area contributed by atoms with Crippen molar-refractivity contribution in [2.75, 3.05) is 35.0 Å². The number of hydrogen-bond donors (Lipinski definition) is 0. The van der Waals surface area contributed by atoms with Crippen molar-refractivity contribution in [1.29, 1.82) is 0 Å². The van der Waals surface area contributed by atoms with Gasteiger partial charge in [0.2, 0.25) is 5.75 Å². The largest absolute Gasteiger partial charge is 0.493 e. The molecule has 0 bridgehead atoms. The second-order valence-corrected chi connectivity index (χ2v) is 11.0. The Hall–Kier alpha value is -5.10. The summed E-state index contributed by atoms with van der Waals surface area (Å²) < 4.78 is 34.7. The van der Waals surface area contributed by atoms with Crippen LogP contribution in [0, 0.1) is 6.92 Å². The van der Waals surface area contributed by atoms with E-state index in [2.05, 4.69) is 4.99 Å². The van der Waals surface area contributed by atoms with Gasteiger partial charge in [-0.25, -0.2) is 14.6 Å². The standard InChI is InChI=1S/C33H32N2O9S/c1-8-43-32(38)27-18(3)34-33-35(28(27)20-14-24(39-4)29(41-6)25(15-20)40-5)30(36)26(45-33)16-21-10-12-23(44-21)22-11-9-19(13-17(22)2)31(37)42-7/h9-16,28H,8H2,1-7H3/b26-16+/t28-/m0/s1. The fourth-order valence-corrected chi connectivity index (χ4v) is 6.28. The van der Waals surface area contributed by atoms with E-state index < -0.39 is 18.0 Å². The maximum absolute atomic E-state index is 14.1. The lowest BCUT2D eigenvalue weighted by Gasteiger charge is -2.26. The Morgan fingerprint density at radius 2 is 1.69 bits per heavy atom. The van der Waals surface area contributed by atoms with Gasteiger partial charge >= 0.3 is 11.9 Å². The molecule has 0 aliphatic carbocycles. The highest BCUT2D eigenvalue weighted by Crippen LogP contribution is 2.42. The van der Waals surface area contributed by atoms with Crippen molar-refractivity contribution in [3.63, 3.8) is 0 Å². The lowest BCUT2D eigenvalue weighted by atomic mass is 9.95. The summed E-state index contributed by atoms with van der Waals surface area (Å²) in [5.74, 6) is 1.10. The Balaban J connectivity index is 1.64. The molecule has 0 radical (unpaired) electrons. The van der Waals surface area contributed by atoms with Gasteiger partial charge in [0.05, 0.1) is 62.5 Å². The number of carbonyl (C=O) groups excluding carboxylic acids is 2. The molecule has 2 aromatic carbocycles. The predicted octanol–water partition coefficient (Wildman–Crippen LogP) is 4.18. The molecule has 5 rings (SSSR count). The van der Waals surface area contributed by atoms with Crippen molar-refractivity contribution in [3.05, 3.63) is 95.9 Å². The number of ether oxygens (including phenoxy) is 5. The summed E-state index contributed by atoms with van der Waals surface area (Å²) >= 11 is 1.17. The minimum atomic E-state index is -0.890. The zero-order valence-electron chi connectivity index (χ0n) is 25.9. The van der Waals surface area contributed by atoms with Gasteiger partial charge in [0, 0.05) is 11.6 Å². The van der Waals surface area contributed by atoms with E-state index in [-0.39, 0.29) is 17.7 Å². The van der Waals surface area contributed by atoms with Gasteiger partial charge in [-0.1, -0.05) is 17.4 Å². The molecule has 0 saturated carbocycles. The third-order valence-corrected chi connectivity index (χ3v) is 8.32. The number of esters is 2. The predicted molar refractivity (Wildman–Crippen MR) is 167 cm³/mol. The first-order chi connectivity index (χ1) is 21.6. The van der Waals surface area contributed by atoms with Crippen molar-refractivity contribution >= 4 is 29.4 Å². The maximum atomic E-state index is 14.1.